The zero-order chi connectivity index (χ0) is 9.97. The molecule has 1 heterocycles. The number of likely N-dealkylation sites (N-methyl/N-ethyl adjacent to an activating group) is 1. The van der Waals surface area contributed by atoms with Gasteiger partial charge in [0.15, 0.2) is 0 Å². The number of halogens is 1. The van der Waals surface area contributed by atoms with Crippen molar-refractivity contribution in [3.8, 4) is 0 Å². The van der Waals surface area contributed by atoms with Crippen LogP contribution < -0.4 is 5.32 Å². The maximum atomic E-state index is 4.41. The second-order valence-corrected chi connectivity index (χ2v) is 4.89. The van der Waals surface area contributed by atoms with Gasteiger partial charge in [0, 0.05) is 14.7 Å². The summed E-state index contributed by atoms with van der Waals surface area (Å²) in [6, 6.07) is 6.23. The largest absolute Gasteiger partial charge is 0.319 e. The molecule has 1 aromatic carbocycles. The molecule has 2 aromatic rings. The van der Waals surface area contributed by atoms with Gasteiger partial charge in [0.05, 0.1) is 5.52 Å². The highest BCUT2D eigenvalue weighted by Gasteiger charge is 2.05. The van der Waals surface area contributed by atoms with Gasteiger partial charge in [-0.05, 0) is 49.7 Å². The van der Waals surface area contributed by atoms with Crippen LogP contribution in [-0.4, -0.2) is 18.0 Å². The molecule has 0 aliphatic heterocycles. The molecule has 0 radical (unpaired) electrons. The van der Waals surface area contributed by atoms with Crippen LogP contribution in [0, 0.1) is 0 Å². The first-order chi connectivity index (χ1) is 6.81. The van der Waals surface area contributed by atoms with E-state index < -0.39 is 0 Å². The lowest BCUT2D eigenvalue weighted by atomic mass is 10.2. The quantitative estimate of drug-likeness (QED) is 0.928. The van der Waals surface area contributed by atoms with Crippen molar-refractivity contribution in [2.45, 2.75) is 6.42 Å². The third-order valence-corrected chi connectivity index (χ3v) is 3.54. The van der Waals surface area contributed by atoms with Crippen molar-refractivity contribution in [2.24, 2.45) is 0 Å². The average Bonchev–Trinajstić information content (AvgIpc) is 2.57. The van der Waals surface area contributed by atoms with Crippen molar-refractivity contribution in [3.63, 3.8) is 0 Å². The van der Waals surface area contributed by atoms with E-state index in [-0.39, 0.29) is 0 Å². The summed E-state index contributed by atoms with van der Waals surface area (Å²) in [5.74, 6) is 0. The van der Waals surface area contributed by atoms with Crippen LogP contribution in [0.15, 0.2) is 22.7 Å². The number of hydrogen-bond donors (Lipinski definition) is 1. The van der Waals surface area contributed by atoms with Crippen molar-refractivity contribution >= 4 is 38.4 Å². The van der Waals surface area contributed by atoms with Crippen LogP contribution in [0.25, 0.3) is 10.9 Å². The lowest BCUT2D eigenvalue weighted by Crippen LogP contribution is -2.09. The molecule has 0 aliphatic carbocycles. The first-order valence-corrected chi connectivity index (χ1v) is 6.06. The van der Waals surface area contributed by atoms with Crippen molar-refractivity contribution in [1.82, 2.24) is 9.69 Å². The summed E-state index contributed by atoms with van der Waals surface area (Å²) in [4.78, 5) is 1.36. The summed E-state index contributed by atoms with van der Waals surface area (Å²) in [5, 5.41) is 4.43. The number of rotatable bonds is 3. The fourth-order valence-electron chi connectivity index (χ4n) is 1.38. The lowest BCUT2D eigenvalue weighted by molar-refractivity contribution is 0.801. The summed E-state index contributed by atoms with van der Waals surface area (Å²) >= 11 is 5.08. The maximum absolute atomic E-state index is 4.41. The summed E-state index contributed by atoms with van der Waals surface area (Å²) in [6.07, 6.45) is 1.05. The predicted molar refractivity (Wildman–Crippen MR) is 65.0 cm³/mol. The minimum Gasteiger partial charge on any atom is -0.319 e. The van der Waals surface area contributed by atoms with Crippen LogP contribution in [0.2, 0.25) is 0 Å². The third kappa shape index (κ3) is 1.97. The van der Waals surface area contributed by atoms with E-state index in [1.807, 2.05) is 13.1 Å². The van der Waals surface area contributed by atoms with Gasteiger partial charge in [0.25, 0.3) is 0 Å². The van der Waals surface area contributed by atoms with Crippen LogP contribution in [0.4, 0.5) is 0 Å². The predicted octanol–water partition coefficient (Wildman–Crippen LogP) is 2.82. The Bertz CT molecular complexity index is 439. The Morgan fingerprint density at radius 3 is 3.14 bits per heavy atom. The fraction of sp³-hybridized carbons (Fsp3) is 0.300. The number of fused-ring (bicyclic) bond motifs is 1. The standard InChI is InChI=1S/C10H11BrN2S/c1-12-5-4-10-8-6-7(11)2-3-9(8)13-14-10/h2-3,6,12H,4-5H2,1H3. The SMILES string of the molecule is CNCCc1snc2ccc(Br)cc12. The van der Waals surface area contributed by atoms with E-state index >= 15 is 0 Å². The van der Waals surface area contributed by atoms with E-state index in [0.717, 1.165) is 23.0 Å². The molecule has 0 unspecified atom stereocenters. The molecule has 4 heteroatoms. The molecule has 74 valence electrons. The molecule has 2 rings (SSSR count). The number of aromatic nitrogens is 1. The van der Waals surface area contributed by atoms with Crippen molar-refractivity contribution < 1.29 is 0 Å². The van der Waals surface area contributed by atoms with Crippen LogP contribution in [0.5, 0.6) is 0 Å². The molecule has 0 saturated carbocycles. The summed E-state index contributed by atoms with van der Waals surface area (Å²) < 4.78 is 5.53. The summed E-state index contributed by atoms with van der Waals surface area (Å²) in [7, 11) is 1.97. The van der Waals surface area contributed by atoms with E-state index in [1.165, 1.54) is 10.3 Å². The number of hydrogen-bond acceptors (Lipinski definition) is 3. The Hall–Kier alpha value is -0.450. The monoisotopic (exact) mass is 270 g/mol. The van der Waals surface area contributed by atoms with Gasteiger partial charge < -0.3 is 5.32 Å². The van der Waals surface area contributed by atoms with Crippen LogP contribution in [-0.2, 0) is 6.42 Å². The Labute approximate surface area is 95.6 Å². The van der Waals surface area contributed by atoms with Gasteiger partial charge in [0.2, 0.25) is 0 Å². The van der Waals surface area contributed by atoms with E-state index in [1.54, 1.807) is 11.5 Å². The van der Waals surface area contributed by atoms with Crippen molar-refractivity contribution in [2.75, 3.05) is 13.6 Å². The number of nitrogens with one attached hydrogen (secondary N) is 1. The molecule has 0 spiro atoms. The van der Waals surface area contributed by atoms with Gasteiger partial charge in [-0.25, -0.2) is 0 Å². The molecule has 14 heavy (non-hydrogen) atoms. The Balaban J connectivity index is 2.40. The van der Waals surface area contributed by atoms with E-state index in [4.69, 9.17) is 0 Å². The first kappa shape index (κ1) is 10.1. The van der Waals surface area contributed by atoms with E-state index in [2.05, 4.69) is 37.8 Å². The molecular weight excluding hydrogens is 260 g/mol. The molecule has 2 nitrogen and oxygen atoms in total. The molecule has 1 N–H and O–H groups in total. The van der Waals surface area contributed by atoms with Gasteiger partial charge in [-0.1, -0.05) is 15.9 Å². The van der Waals surface area contributed by atoms with Crippen LogP contribution in [0.1, 0.15) is 4.88 Å². The Kier molecular flexibility index (Phi) is 3.15. The Morgan fingerprint density at radius 1 is 1.50 bits per heavy atom. The minimum absolute atomic E-state index is 1.00. The van der Waals surface area contributed by atoms with E-state index in [9.17, 15) is 0 Å². The first-order valence-electron chi connectivity index (χ1n) is 4.49. The molecule has 1 aromatic heterocycles. The zero-order valence-electron chi connectivity index (χ0n) is 7.88. The summed E-state index contributed by atoms with van der Waals surface area (Å²) in [6.45, 7) is 1.00. The molecule has 0 fully saturated rings. The molecule has 0 amide bonds. The average molecular weight is 271 g/mol. The lowest BCUT2D eigenvalue weighted by Gasteiger charge is -1.97. The van der Waals surface area contributed by atoms with Gasteiger partial charge in [-0.2, -0.15) is 4.37 Å². The maximum Gasteiger partial charge on any atom is 0.0844 e. The summed E-state index contributed by atoms with van der Waals surface area (Å²) in [5.41, 5.74) is 1.10. The second-order valence-electron chi connectivity index (χ2n) is 3.12. The Morgan fingerprint density at radius 2 is 2.36 bits per heavy atom. The van der Waals surface area contributed by atoms with Gasteiger partial charge in [0.1, 0.15) is 0 Å². The minimum atomic E-state index is 1.00. The highest BCUT2D eigenvalue weighted by Crippen LogP contribution is 2.25. The third-order valence-electron chi connectivity index (χ3n) is 2.12. The van der Waals surface area contributed by atoms with Crippen molar-refractivity contribution in [3.05, 3.63) is 27.5 Å². The molecule has 0 saturated heterocycles. The second kappa shape index (κ2) is 4.38. The number of benzene rings is 1. The van der Waals surface area contributed by atoms with Gasteiger partial charge >= 0.3 is 0 Å². The smallest absolute Gasteiger partial charge is 0.0844 e. The molecular formula is C10H11BrN2S. The normalized spacial score (nSPS) is 11.0. The van der Waals surface area contributed by atoms with Gasteiger partial charge in [-0.15, -0.1) is 0 Å². The van der Waals surface area contributed by atoms with Crippen LogP contribution >= 0.6 is 27.5 Å². The zero-order valence-corrected chi connectivity index (χ0v) is 10.3. The fourth-order valence-corrected chi connectivity index (χ4v) is 2.57. The van der Waals surface area contributed by atoms with Crippen molar-refractivity contribution in [1.29, 1.82) is 0 Å². The van der Waals surface area contributed by atoms with E-state index in [0.29, 0.717) is 0 Å². The molecule has 0 bridgehead atoms. The topological polar surface area (TPSA) is 24.9 Å². The highest BCUT2D eigenvalue weighted by atomic mass is 79.9. The van der Waals surface area contributed by atoms with Crippen LogP contribution in [0.3, 0.4) is 0 Å². The number of nitrogens with zero attached hydrogens (tertiary/aromatic N) is 1. The highest BCUT2D eigenvalue weighted by molar-refractivity contribution is 9.10. The van der Waals surface area contributed by atoms with Gasteiger partial charge in [-0.3, -0.25) is 0 Å². The molecule has 0 aliphatic rings. The molecule has 0 atom stereocenters.